The summed E-state index contributed by atoms with van der Waals surface area (Å²) in [7, 11) is -3.04. The third-order valence-electron chi connectivity index (χ3n) is 2.28. The molecule has 1 heterocycles. The maximum Gasteiger partial charge on any atom is 0.166 e. The van der Waals surface area contributed by atoms with Crippen molar-refractivity contribution in [3.63, 3.8) is 0 Å². The molecule has 4 nitrogen and oxygen atoms in total. The van der Waals surface area contributed by atoms with Gasteiger partial charge in [0.1, 0.15) is 5.37 Å². The van der Waals surface area contributed by atoms with Gasteiger partial charge in [0.2, 0.25) is 0 Å². The van der Waals surface area contributed by atoms with Crippen molar-refractivity contribution in [2.24, 2.45) is 0 Å². The predicted molar refractivity (Wildman–Crippen MR) is 57.8 cm³/mol. The predicted octanol–water partition coefficient (Wildman–Crippen LogP) is 0.320. The number of hydrogen-bond acceptors (Lipinski definition) is 5. The van der Waals surface area contributed by atoms with Gasteiger partial charge in [-0.2, -0.15) is 17.0 Å². The fraction of sp³-hybridized carbons (Fsp3) is 0.875. The Hall–Kier alpha value is -0.250. The Kier molecular flexibility index (Phi) is 4.23. The zero-order valence-corrected chi connectivity index (χ0v) is 9.77. The van der Waals surface area contributed by atoms with E-state index in [4.69, 9.17) is 5.26 Å². The van der Waals surface area contributed by atoms with E-state index < -0.39 is 15.2 Å². The molecule has 6 heteroatoms. The Labute approximate surface area is 89.2 Å². The number of sulfone groups is 1. The number of nitriles is 1. The van der Waals surface area contributed by atoms with E-state index >= 15 is 0 Å². The van der Waals surface area contributed by atoms with Gasteiger partial charge in [-0.1, -0.05) is 6.92 Å². The van der Waals surface area contributed by atoms with Crippen LogP contribution in [0.15, 0.2) is 0 Å². The van der Waals surface area contributed by atoms with E-state index in [1.165, 1.54) is 0 Å². The Balaban J connectivity index is 2.78. The smallest absolute Gasteiger partial charge is 0.166 e. The second-order valence-electron chi connectivity index (χ2n) is 3.11. The van der Waals surface area contributed by atoms with Gasteiger partial charge in [0.25, 0.3) is 0 Å². The van der Waals surface area contributed by atoms with E-state index in [9.17, 15) is 8.42 Å². The summed E-state index contributed by atoms with van der Waals surface area (Å²) in [6, 6.07) is 2.02. The van der Waals surface area contributed by atoms with Crippen molar-refractivity contribution in [2.45, 2.75) is 12.3 Å². The molecule has 0 radical (unpaired) electrons. The highest BCUT2D eigenvalue weighted by Gasteiger charge is 2.32. The lowest BCUT2D eigenvalue weighted by Gasteiger charge is -2.32. The van der Waals surface area contributed by atoms with Crippen LogP contribution in [0.2, 0.25) is 0 Å². The van der Waals surface area contributed by atoms with Gasteiger partial charge in [-0.05, 0) is 0 Å². The Bertz CT molecular complexity index is 321. The molecule has 0 saturated carbocycles. The van der Waals surface area contributed by atoms with Gasteiger partial charge < -0.3 is 0 Å². The summed E-state index contributed by atoms with van der Waals surface area (Å²) in [5, 5.41) is 8.13. The van der Waals surface area contributed by atoms with E-state index in [1.807, 2.05) is 6.07 Å². The van der Waals surface area contributed by atoms with Crippen LogP contribution in [-0.4, -0.2) is 49.0 Å². The van der Waals surface area contributed by atoms with Crippen molar-refractivity contribution in [3.05, 3.63) is 0 Å². The third kappa shape index (κ3) is 2.62. The van der Waals surface area contributed by atoms with E-state index in [2.05, 4.69) is 0 Å². The highest BCUT2D eigenvalue weighted by molar-refractivity contribution is 8.01. The molecule has 0 amide bonds. The quantitative estimate of drug-likeness (QED) is 0.658. The lowest BCUT2D eigenvalue weighted by atomic mass is 10.5. The Morgan fingerprint density at radius 1 is 1.64 bits per heavy atom. The second kappa shape index (κ2) is 5.01. The Morgan fingerprint density at radius 3 is 2.93 bits per heavy atom. The molecular formula is C8H14N2O2S2. The van der Waals surface area contributed by atoms with E-state index in [-0.39, 0.29) is 12.3 Å². The van der Waals surface area contributed by atoms with E-state index in [0.29, 0.717) is 12.3 Å². The molecule has 1 rings (SSSR count). The topological polar surface area (TPSA) is 61.2 Å². The van der Waals surface area contributed by atoms with Crippen molar-refractivity contribution >= 4 is 21.6 Å². The number of thioether (sulfide) groups is 1. The molecule has 80 valence electrons. The normalized spacial score (nSPS) is 24.4. The zero-order chi connectivity index (χ0) is 10.6. The van der Waals surface area contributed by atoms with Crippen molar-refractivity contribution in [1.29, 1.82) is 5.26 Å². The van der Waals surface area contributed by atoms with Crippen LogP contribution < -0.4 is 0 Å². The summed E-state index contributed by atoms with van der Waals surface area (Å²) in [5.74, 6) is 1.66. The molecule has 1 unspecified atom stereocenters. The molecule has 14 heavy (non-hydrogen) atoms. The molecule has 0 N–H and O–H groups in total. The molecule has 1 aliphatic heterocycles. The highest BCUT2D eigenvalue weighted by Crippen LogP contribution is 2.20. The molecule has 0 aromatic heterocycles. The van der Waals surface area contributed by atoms with E-state index in [1.54, 1.807) is 23.6 Å². The van der Waals surface area contributed by atoms with Gasteiger partial charge >= 0.3 is 0 Å². The molecule has 1 fully saturated rings. The summed E-state index contributed by atoms with van der Waals surface area (Å²) in [6.07, 6.45) is 0. The maximum absolute atomic E-state index is 11.7. The zero-order valence-electron chi connectivity index (χ0n) is 8.14. The van der Waals surface area contributed by atoms with Crippen LogP contribution in [0, 0.1) is 11.3 Å². The SMILES string of the molecule is CCS(=O)(=O)C1CSCCN1CC#N. The molecule has 0 spiro atoms. The van der Waals surface area contributed by atoms with Gasteiger partial charge in [-0.15, -0.1) is 0 Å². The van der Waals surface area contributed by atoms with Crippen LogP contribution in [0.25, 0.3) is 0 Å². The van der Waals surface area contributed by atoms with Crippen LogP contribution in [0.3, 0.4) is 0 Å². The minimum absolute atomic E-state index is 0.153. The van der Waals surface area contributed by atoms with Crippen LogP contribution in [-0.2, 0) is 9.84 Å². The first-order valence-electron chi connectivity index (χ1n) is 4.52. The molecule has 1 aliphatic rings. The lowest BCUT2D eigenvalue weighted by molar-refractivity contribution is 0.302. The fourth-order valence-electron chi connectivity index (χ4n) is 1.41. The largest absolute Gasteiger partial charge is 0.273 e. The standard InChI is InChI=1S/C8H14N2O2S2/c1-2-14(11,12)8-7-13-6-5-10(8)4-3-9/h8H,2,4-7H2,1H3. The molecule has 0 bridgehead atoms. The number of rotatable bonds is 3. The first kappa shape index (κ1) is 11.8. The minimum Gasteiger partial charge on any atom is -0.273 e. The third-order valence-corrected chi connectivity index (χ3v) is 5.61. The fourth-order valence-corrected chi connectivity index (χ4v) is 4.49. The monoisotopic (exact) mass is 234 g/mol. The molecular weight excluding hydrogens is 220 g/mol. The molecule has 0 aliphatic carbocycles. The van der Waals surface area contributed by atoms with Gasteiger partial charge in [-0.3, -0.25) is 4.90 Å². The van der Waals surface area contributed by atoms with Crippen molar-refractivity contribution in [3.8, 4) is 6.07 Å². The Morgan fingerprint density at radius 2 is 2.36 bits per heavy atom. The maximum atomic E-state index is 11.7. The van der Waals surface area contributed by atoms with Crippen molar-refractivity contribution < 1.29 is 8.42 Å². The van der Waals surface area contributed by atoms with Gasteiger partial charge in [0.15, 0.2) is 9.84 Å². The minimum atomic E-state index is -3.04. The first-order chi connectivity index (χ1) is 6.61. The van der Waals surface area contributed by atoms with Crippen LogP contribution in [0.1, 0.15) is 6.92 Å². The van der Waals surface area contributed by atoms with Crippen molar-refractivity contribution in [2.75, 3.05) is 30.3 Å². The molecule has 0 aromatic carbocycles. The average molecular weight is 234 g/mol. The van der Waals surface area contributed by atoms with E-state index in [0.717, 1.165) is 5.75 Å². The van der Waals surface area contributed by atoms with Gasteiger partial charge in [0, 0.05) is 23.8 Å². The molecule has 1 atom stereocenters. The molecule has 1 saturated heterocycles. The van der Waals surface area contributed by atoms with Crippen LogP contribution in [0.5, 0.6) is 0 Å². The van der Waals surface area contributed by atoms with Crippen LogP contribution in [0.4, 0.5) is 0 Å². The van der Waals surface area contributed by atoms with Crippen molar-refractivity contribution in [1.82, 2.24) is 4.90 Å². The van der Waals surface area contributed by atoms with Gasteiger partial charge in [-0.25, -0.2) is 8.42 Å². The summed E-state index contributed by atoms with van der Waals surface area (Å²) >= 11 is 1.64. The second-order valence-corrected chi connectivity index (χ2v) is 6.71. The summed E-state index contributed by atoms with van der Waals surface area (Å²) in [5.41, 5.74) is 0. The first-order valence-corrected chi connectivity index (χ1v) is 7.39. The summed E-state index contributed by atoms with van der Waals surface area (Å²) in [4.78, 5) is 1.76. The number of hydrogen-bond donors (Lipinski definition) is 0. The lowest BCUT2D eigenvalue weighted by Crippen LogP contribution is -2.47. The highest BCUT2D eigenvalue weighted by atomic mass is 32.2. The average Bonchev–Trinajstić information content (AvgIpc) is 2.19. The van der Waals surface area contributed by atoms with Gasteiger partial charge in [0.05, 0.1) is 12.6 Å². The van der Waals surface area contributed by atoms with Crippen LogP contribution >= 0.6 is 11.8 Å². The number of nitrogens with zero attached hydrogens (tertiary/aromatic N) is 2. The summed E-state index contributed by atoms with van der Waals surface area (Å²) in [6.45, 7) is 2.56. The summed E-state index contributed by atoms with van der Waals surface area (Å²) < 4.78 is 23.4. The molecule has 0 aromatic rings.